The maximum Gasteiger partial charge on any atom is 0.133 e. The van der Waals surface area contributed by atoms with E-state index in [0.29, 0.717) is 5.92 Å². The van der Waals surface area contributed by atoms with Crippen LogP contribution in [0.4, 0.5) is 5.82 Å². The second-order valence-electron chi connectivity index (χ2n) is 6.15. The van der Waals surface area contributed by atoms with Gasteiger partial charge in [-0.25, -0.2) is 4.68 Å². The van der Waals surface area contributed by atoms with E-state index in [1.807, 2.05) is 6.07 Å². The van der Waals surface area contributed by atoms with Crippen LogP contribution in [0.15, 0.2) is 28.7 Å². The quantitative estimate of drug-likeness (QED) is 0.880. The molecular formula is C17H22BrN3. The Hall–Kier alpha value is -1.29. The van der Waals surface area contributed by atoms with E-state index in [2.05, 4.69) is 58.0 Å². The van der Waals surface area contributed by atoms with Gasteiger partial charge in [0.1, 0.15) is 5.82 Å². The summed E-state index contributed by atoms with van der Waals surface area (Å²) in [5.74, 6) is 1.82. The highest BCUT2D eigenvalue weighted by Crippen LogP contribution is 2.30. The van der Waals surface area contributed by atoms with Crippen LogP contribution >= 0.6 is 15.9 Å². The third-order valence-corrected chi connectivity index (χ3v) is 4.36. The number of nitrogens with zero attached hydrogens (tertiary/aromatic N) is 2. The van der Waals surface area contributed by atoms with E-state index in [1.165, 1.54) is 29.9 Å². The Morgan fingerprint density at radius 2 is 2.19 bits per heavy atom. The molecule has 1 aromatic carbocycles. The predicted octanol–water partition coefficient (Wildman–Crippen LogP) is 4.58. The number of anilines is 1. The Balaban J connectivity index is 2.09. The summed E-state index contributed by atoms with van der Waals surface area (Å²) in [7, 11) is 0. The molecule has 0 bridgehead atoms. The van der Waals surface area contributed by atoms with Crippen molar-refractivity contribution in [3.05, 3.63) is 40.0 Å². The lowest BCUT2D eigenvalue weighted by Crippen LogP contribution is -2.07. The van der Waals surface area contributed by atoms with Crippen molar-refractivity contribution in [3.8, 4) is 5.69 Å². The van der Waals surface area contributed by atoms with Crippen molar-refractivity contribution >= 4 is 21.7 Å². The number of nitrogens with one attached hydrogen (secondary N) is 1. The molecule has 21 heavy (non-hydrogen) atoms. The second-order valence-corrected chi connectivity index (χ2v) is 7.06. The molecule has 1 aliphatic rings. The SMILES string of the molecule is CC(C)Cc1nn(-c2cccc(Br)c2)c2c1CCCCN2. The number of hydrogen-bond acceptors (Lipinski definition) is 2. The van der Waals surface area contributed by atoms with E-state index < -0.39 is 0 Å². The molecule has 3 rings (SSSR count). The van der Waals surface area contributed by atoms with E-state index in [1.54, 1.807) is 0 Å². The summed E-state index contributed by atoms with van der Waals surface area (Å²) in [4.78, 5) is 0. The molecule has 0 saturated carbocycles. The molecule has 2 heterocycles. The summed E-state index contributed by atoms with van der Waals surface area (Å²) >= 11 is 3.56. The monoisotopic (exact) mass is 347 g/mol. The van der Waals surface area contributed by atoms with Crippen LogP contribution < -0.4 is 5.32 Å². The minimum absolute atomic E-state index is 0.628. The number of hydrogen-bond donors (Lipinski definition) is 1. The van der Waals surface area contributed by atoms with Crippen molar-refractivity contribution in [3.63, 3.8) is 0 Å². The van der Waals surface area contributed by atoms with Crippen LogP contribution in [-0.2, 0) is 12.8 Å². The lowest BCUT2D eigenvalue weighted by molar-refractivity contribution is 0.622. The molecule has 3 nitrogen and oxygen atoms in total. The van der Waals surface area contributed by atoms with E-state index in [-0.39, 0.29) is 0 Å². The number of halogens is 1. The fourth-order valence-corrected chi connectivity index (χ4v) is 3.31. The topological polar surface area (TPSA) is 29.9 Å². The molecule has 0 amide bonds. The van der Waals surface area contributed by atoms with Crippen LogP contribution in [0.1, 0.15) is 37.9 Å². The first kappa shape index (κ1) is 14.6. The van der Waals surface area contributed by atoms with Gasteiger partial charge in [-0.05, 0) is 49.8 Å². The average molecular weight is 348 g/mol. The van der Waals surface area contributed by atoms with Gasteiger partial charge in [0, 0.05) is 16.6 Å². The third kappa shape index (κ3) is 3.15. The lowest BCUT2D eigenvalue weighted by Gasteiger charge is -2.09. The molecular weight excluding hydrogens is 326 g/mol. The van der Waals surface area contributed by atoms with Crippen molar-refractivity contribution in [2.24, 2.45) is 5.92 Å². The van der Waals surface area contributed by atoms with E-state index in [4.69, 9.17) is 5.10 Å². The second kappa shape index (κ2) is 6.22. The lowest BCUT2D eigenvalue weighted by atomic mass is 10.0. The molecule has 0 fully saturated rings. The number of fused-ring (bicyclic) bond motifs is 1. The highest BCUT2D eigenvalue weighted by atomic mass is 79.9. The highest BCUT2D eigenvalue weighted by molar-refractivity contribution is 9.10. The molecule has 0 spiro atoms. The molecule has 112 valence electrons. The van der Waals surface area contributed by atoms with Crippen LogP contribution in [0, 0.1) is 5.92 Å². The van der Waals surface area contributed by atoms with Crippen LogP contribution in [0.3, 0.4) is 0 Å². The van der Waals surface area contributed by atoms with Crippen molar-refractivity contribution in [2.75, 3.05) is 11.9 Å². The van der Waals surface area contributed by atoms with E-state index >= 15 is 0 Å². The highest BCUT2D eigenvalue weighted by Gasteiger charge is 2.20. The van der Waals surface area contributed by atoms with Gasteiger partial charge in [0.15, 0.2) is 0 Å². The minimum Gasteiger partial charge on any atom is -0.370 e. The Morgan fingerprint density at radius 1 is 1.33 bits per heavy atom. The predicted molar refractivity (Wildman–Crippen MR) is 91.2 cm³/mol. The number of rotatable bonds is 3. The summed E-state index contributed by atoms with van der Waals surface area (Å²) in [5.41, 5.74) is 3.79. The molecule has 1 aromatic heterocycles. The molecule has 0 saturated heterocycles. The van der Waals surface area contributed by atoms with Gasteiger partial charge in [0.25, 0.3) is 0 Å². The van der Waals surface area contributed by atoms with Gasteiger partial charge in [-0.2, -0.15) is 5.10 Å². The number of benzene rings is 1. The van der Waals surface area contributed by atoms with Crippen molar-refractivity contribution < 1.29 is 0 Å². The maximum atomic E-state index is 4.92. The number of aromatic nitrogens is 2. The zero-order valence-corrected chi connectivity index (χ0v) is 14.3. The molecule has 0 radical (unpaired) electrons. The van der Waals surface area contributed by atoms with Crippen LogP contribution in [0.5, 0.6) is 0 Å². The molecule has 0 atom stereocenters. The maximum absolute atomic E-state index is 4.92. The molecule has 0 aliphatic carbocycles. The summed E-state index contributed by atoms with van der Waals surface area (Å²) in [6, 6.07) is 8.35. The van der Waals surface area contributed by atoms with Crippen LogP contribution in [0.2, 0.25) is 0 Å². The zero-order valence-electron chi connectivity index (χ0n) is 12.7. The summed E-state index contributed by atoms with van der Waals surface area (Å²) < 4.78 is 3.17. The van der Waals surface area contributed by atoms with Gasteiger partial charge in [-0.15, -0.1) is 0 Å². The standard InChI is InChI=1S/C17H22BrN3/c1-12(2)10-16-15-8-3-4-9-19-17(15)21(20-16)14-7-5-6-13(18)11-14/h5-7,11-12,19H,3-4,8-10H2,1-2H3. The molecule has 1 aliphatic heterocycles. The Bertz CT molecular complexity index is 631. The normalized spacial score (nSPS) is 14.7. The van der Waals surface area contributed by atoms with E-state index in [0.717, 1.165) is 29.5 Å². The summed E-state index contributed by atoms with van der Waals surface area (Å²) in [6.45, 7) is 5.55. The average Bonchev–Trinajstić information content (AvgIpc) is 2.62. The van der Waals surface area contributed by atoms with Gasteiger partial charge in [0.2, 0.25) is 0 Å². The zero-order chi connectivity index (χ0) is 14.8. The van der Waals surface area contributed by atoms with Crippen LogP contribution in [0.25, 0.3) is 5.69 Å². The molecule has 1 N–H and O–H groups in total. The summed E-state index contributed by atoms with van der Waals surface area (Å²) in [6.07, 6.45) is 4.66. The third-order valence-electron chi connectivity index (χ3n) is 3.87. The first-order chi connectivity index (χ1) is 10.1. The largest absolute Gasteiger partial charge is 0.370 e. The fraction of sp³-hybridized carbons (Fsp3) is 0.471. The van der Waals surface area contributed by atoms with Gasteiger partial charge in [0.05, 0.1) is 11.4 Å². The Kier molecular flexibility index (Phi) is 4.34. The van der Waals surface area contributed by atoms with Crippen molar-refractivity contribution in [1.29, 1.82) is 0 Å². The summed E-state index contributed by atoms with van der Waals surface area (Å²) in [5, 5.41) is 8.51. The smallest absolute Gasteiger partial charge is 0.133 e. The van der Waals surface area contributed by atoms with Gasteiger partial charge in [-0.3, -0.25) is 0 Å². The Labute approximate surface area is 134 Å². The van der Waals surface area contributed by atoms with Crippen LogP contribution in [-0.4, -0.2) is 16.3 Å². The molecule has 4 heteroatoms. The van der Waals surface area contributed by atoms with Crippen molar-refractivity contribution in [2.45, 2.75) is 39.5 Å². The minimum atomic E-state index is 0.628. The first-order valence-corrected chi connectivity index (χ1v) is 8.55. The van der Waals surface area contributed by atoms with Crippen molar-refractivity contribution in [1.82, 2.24) is 9.78 Å². The molecule has 2 aromatic rings. The Morgan fingerprint density at radius 3 is 2.95 bits per heavy atom. The van der Waals surface area contributed by atoms with Gasteiger partial charge >= 0.3 is 0 Å². The van der Waals surface area contributed by atoms with E-state index in [9.17, 15) is 0 Å². The first-order valence-electron chi connectivity index (χ1n) is 7.75. The van der Waals surface area contributed by atoms with Gasteiger partial charge < -0.3 is 5.32 Å². The fourth-order valence-electron chi connectivity index (χ4n) is 2.92. The molecule has 0 unspecified atom stereocenters. The van der Waals surface area contributed by atoms with Gasteiger partial charge in [-0.1, -0.05) is 35.8 Å².